The van der Waals surface area contributed by atoms with Gasteiger partial charge >= 0.3 is 0 Å². The van der Waals surface area contributed by atoms with Crippen molar-refractivity contribution in [1.29, 1.82) is 0 Å². The molecule has 2 rings (SSSR count). The SMILES string of the molecule is Nc1ccc(Nc2cc(Cl)ccc2Cl)c(I)c1. The van der Waals surface area contributed by atoms with Crippen LogP contribution in [-0.4, -0.2) is 0 Å². The Labute approximate surface area is 123 Å². The minimum absolute atomic E-state index is 0.627. The van der Waals surface area contributed by atoms with Crippen molar-refractivity contribution in [3.8, 4) is 0 Å². The second-order valence-electron chi connectivity index (χ2n) is 3.49. The van der Waals surface area contributed by atoms with Gasteiger partial charge < -0.3 is 11.1 Å². The summed E-state index contributed by atoms with van der Waals surface area (Å²) >= 11 is 14.2. The molecule has 0 saturated carbocycles. The second kappa shape index (κ2) is 5.33. The van der Waals surface area contributed by atoms with E-state index < -0.39 is 0 Å². The molecule has 2 aromatic rings. The topological polar surface area (TPSA) is 38.0 Å². The number of nitrogen functional groups attached to an aromatic ring is 1. The predicted molar refractivity (Wildman–Crippen MR) is 83.3 cm³/mol. The molecule has 0 spiro atoms. The molecule has 0 aliphatic carbocycles. The highest BCUT2D eigenvalue weighted by molar-refractivity contribution is 14.1. The Morgan fingerprint density at radius 1 is 1.00 bits per heavy atom. The molecule has 2 aromatic carbocycles. The minimum atomic E-state index is 0.627. The lowest BCUT2D eigenvalue weighted by atomic mass is 10.2. The van der Waals surface area contributed by atoms with Gasteiger partial charge in [-0.3, -0.25) is 0 Å². The van der Waals surface area contributed by atoms with Gasteiger partial charge in [-0.25, -0.2) is 0 Å². The molecule has 0 aliphatic rings. The molecule has 0 amide bonds. The van der Waals surface area contributed by atoms with Gasteiger partial charge in [0, 0.05) is 14.3 Å². The number of anilines is 3. The lowest BCUT2D eigenvalue weighted by molar-refractivity contribution is 1.52. The molecular weight excluding hydrogens is 370 g/mol. The fraction of sp³-hybridized carbons (Fsp3) is 0. The van der Waals surface area contributed by atoms with E-state index in [9.17, 15) is 0 Å². The Hall–Kier alpha value is -0.650. The normalized spacial score (nSPS) is 10.3. The van der Waals surface area contributed by atoms with Crippen LogP contribution in [-0.2, 0) is 0 Å². The van der Waals surface area contributed by atoms with Crippen molar-refractivity contribution < 1.29 is 0 Å². The van der Waals surface area contributed by atoms with Crippen LogP contribution in [0.5, 0.6) is 0 Å². The maximum atomic E-state index is 6.08. The molecule has 0 heterocycles. The van der Waals surface area contributed by atoms with Crippen molar-refractivity contribution in [3.63, 3.8) is 0 Å². The van der Waals surface area contributed by atoms with Gasteiger partial charge in [0.15, 0.2) is 0 Å². The molecule has 17 heavy (non-hydrogen) atoms. The quantitative estimate of drug-likeness (QED) is 0.574. The number of hydrogen-bond acceptors (Lipinski definition) is 2. The molecule has 0 aromatic heterocycles. The summed E-state index contributed by atoms with van der Waals surface area (Å²) in [7, 11) is 0. The van der Waals surface area contributed by atoms with E-state index in [1.807, 2.05) is 18.2 Å². The fourth-order valence-corrected chi connectivity index (χ4v) is 2.38. The first kappa shape index (κ1) is 12.8. The van der Waals surface area contributed by atoms with Gasteiger partial charge in [0.1, 0.15) is 0 Å². The minimum Gasteiger partial charge on any atom is -0.399 e. The van der Waals surface area contributed by atoms with Crippen LogP contribution in [0.2, 0.25) is 10.0 Å². The van der Waals surface area contributed by atoms with Gasteiger partial charge in [-0.15, -0.1) is 0 Å². The molecule has 3 N–H and O–H groups in total. The Balaban J connectivity index is 2.34. The summed E-state index contributed by atoms with van der Waals surface area (Å²) in [5, 5.41) is 4.50. The maximum Gasteiger partial charge on any atom is 0.0642 e. The van der Waals surface area contributed by atoms with Crippen molar-refractivity contribution in [2.75, 3.05) is 11.1 Å². The summed E-state index contributed by atoms with van der Waals surface area (Å²) in [6.45, 7) is 0. The molecule has 88 valence electrons. The molecule has 0 unspecified atom stereocenters. The zero-order valence-corrected chi connectivity index (χ0v) is 12.3. The van der Waals surface area contributed by atoms with Crippen LogP contribution in [0.3, 0.4) is 0 Å². The lowest BCUT2D eigenvalue weighted by Crippen LogP contribution is -1.95. The molecule has 0 saturated heterocycles. The molecule has 2 nitrogen and oxygen atoms in total. The second-order valence-corrected chi connectivity index (χ2v) is 5.49. The van der Waals surface area contributed by atoms with Crippen LogP contribution in [0.4, 0.5) is 17.1 Å². The van der Waals surface area contributed by atoms with Gasteiger partial charge in [-0.1, -0.05) is 23.2 Å². The molecule has 0 bridgehead atoms. The highest BCUT2D eigenvalue weighted by Crippen LogP contribution is 2.30. The van der Waals surface area contributed by atoms with E-state index in [-0.39, 0.29) is 0 Å². The average Bonchev–Trinajstić information content (AvgIpc) is 2.27. The zero-order valence-electron chi connectivity index (χ0n) is 8.68. The molecule has 5 heteroatoms. The van der Waals surface area contributed by atoms with E-state index in [2.05, 4.69) is 27.9 Å². The molecule has 0 fully saturated rings. The van der Waals surface area contributed by atoms with Crippen molar-refractivity contribution >= 4 is 62.9 Å². The number of nitrogens with two attached hydrogens (primary N) is 1. The molecule has 0 radical (unpaired) electrons. The molecule has 0 aliphatic heterocycles. The first-order valence-electron chi connectivity index (χ1n) is 4.83. The molecule has 0 atom stereocenters. The standard InChI is InChI=1S/C12H9Cl2IN2/c13-7-1-3-9(14)12(5-7)17-11-4-2-8(16)6-10(11)15/h1-6,17H,16H2. The van der Waals surface area contributed by atoms with Gasteiger partial charge in [0.05, 0.1) is 16.4 Å². The van der Waals surface area contributed by atoms with Crippen LogP contribution in [0.1, 0.15) is 0 Å². The number of nitrogens with one attached hydrogen (secondary N) is 1. The Bertz CT molecular complexity index is 558. The highest BCUT2D eigenvalue weighted by Gasteiger charge is 2.04. The number of rotatable bonds is 2. The van der Waals surface area contributed by atoms with Crippen molar-refractivity contribution in [2.24, 2.45) is 0 Å². The van der Waals surface area contributed by atoms with Gasteiger partial charge in [-0.05, 0) is 59.0 Å². The number of benzene rings is 2. The van der Waals surface area contributed by atoms with Crippen LogP contribution in [0, 0.1) is 3.57 Å². The molecular formula is C12H9Cl2IN2. The summed E-state index contributed by atoms with van der Waals surface area (Å²) in [5.41, 5.74) is 8.16. The summed E-state index contributed by atoms with van der Waals surface area (Å²) in [4.78, 5) is 0. The van der Waals surface area contributed by atoms with E-state index in [1.54, 1.807) is 18.2 Å². The third kappa shape index (κ3) is 3.18. The van der Waals surface area contributed by atoms with E-state index >= 15 is 0 Å². The first-order valence-corrected chi connectivity index (χ1v) is 6.67. The van der Waals surface area contributed by atoms with Crippen LogP contribution in [0.25, 0.3) is 0 Å². The van der Waals surface area contributed by atoms with Crippen LogP contribution < -0.4 is 11.1 Å². The first-order chi connectivity index (χ1) is 8.06. The summed E-state index contributed by atoms with van der Waals surface area (Å²) < 4.78 is 1.03. The zero-order chi connectivity index (χ0) is 12.4. The van der Waals surface area contributed by atoms with E-state index in [1.165, 1.54) is 0 Å². The largest absolute Gasteiger partial charge is 0.399 e. The van der Waals surface area contributed by atoms with Gasteiger partial charge in [-0.2, -0.15) is 0 Å². The van der Waals surface area contributed by atoms with E-state index in [0.717, 1.165) is 20.6 Å². The number of hydrogen-bond donors (Lipinski definition) is 2. The van der Waals surface area contributed by atoms with Crippen molar-refractivity contribution in [2.45, 2.75) is 0 Å². The monoisotopic (exact) mass is 378 g/mol. The Morgan fingerprint density at radius 2 is 1.76 bits per heavy atom. The Kier molecular flexibility index (Phi) is 4.01. The van der Waals surface area contributed by atoms with E-state index in [0.29, 0.717) is 10.0 Å². The third-order valence-corrected chi connectivity index (χ3v) is 3.65. The highest BCUT2D eigenvalue weighted by atomic mass is 127. The van der Waals surface area contributed by atoms with E-state index in [4.69, 9.17) is 28.9 Å². The van der Waals surface area contributed by atoms with Crippen molar-refractivity contribution in [1.82, 2.24) is 0 Å². The van der Waals surface area contributed by atoms with Gasteiger partial charge in [0.25, 0.3) is 0 Å². The van der Waals surface area contributed by atoms with Crippen LogP contribution >= 0.6 is 45.8 Å². The summed E-state index contributed by atoms with van der Waals surface area (Å²) in [6, 6.07) is 10.9. The predicted octanol–water partition coefficient (Wildman–Crippen LogP) is 4.92. The van der Waals surface area contributed by atoms with Gasteiger partial charge in [0.2, 0.25) is 0 Å². The fourth-order valence-electron chi connectivity index (χ4n) is 1.37. The Morgan fingerprint density at radius 3 is 2.47 bits per heavy atom. The van der Waals surface area contributed by atoms with Crippen LogP contribution in [0.15, 0.2) is 36.4 Å². The third-order valence-electron chi connectivity index (χ3n) is 2.19. The van der Waals surface area contributed by atoms with Crippen molar-refractivity contribution in [3.05, 3.63) is 50.0 Å². The lowest BCUT2D eigenvalue weighted by Gasteiger charge is -2.11. The maximum absolute atomic E-state index is 6.08. The summed E-state index contributed by atoms with van der Waals surface area (Å²) in [6.07, 6.45) is 0. The smallest absolute Gasteiger partial charge is 0.0642 e. The summed E-state index contributed by atoms with van der Waals surface area (Å²) in [5.74, 6) is 0. The number of halogens is 3. The average molecular weight is 379 g/mol.